The van der Waals surface area contributed by atoms with Gasteiger partial charge in [-0.1, -0.05) is 0 Å². The maximum atomic E-state index is 12.8. The first-order valence-electron chi connectivity index (χ1n) is 4.75. The van der Waals surface area contributed by atoms with Crippen LogP contribution in [0.15, 0.2) is 0 Å². The van der Waals surface area contributed by atoms with E-state index in [1.807, 2.05) is 0 Å². The number of hydrogen-bond donors (Lipinski definition) is 1. The van der Waals surface area contributed by atoms with E-state index in [-0.39, 0.29) is 11.9 Å². The van der Waals surface area contributed by atoms with E-state index >= 15 is 0 Å². The molecule has 0 aliphatic carbocycles. The van der Waals surface area contributed by atoms with Crippen LogP contribution in [0.4, 0.5) is 4.39 Å². The summed E-state index contributed by atoms with van der Waals surface area (Å²) in [5, 5.41) is 2.70. The Morgan fingerprint density at radius 1 is 1.69 bits per heavy atom. The molecule has 0 aromatic heterocycles. The van der Waals surface area contributed by atoms with Gasteiger partial charge >= 0.3 is 5.97 Å². The molecule has 0 spiro atoms. The molecule has 2 atom stereocenters. The molecule has 0 aromatic carbocycles. The van der Waals surface area contributed by atoms with Gasteiger partial charge in [-0.05, 0) is 32.2 Å². The first-order chi connectivity index (χ1) is 6.22. The summed E-state index contributed by atoms with van der Waals surface area (Å²) in [6.45, 7) is 2.84. The Bertz CT molecular complexity index is 175. The van der Waals surface area contributed by atoms with Crippen molar-refractivity contribution in [1.29, 1.82) is 0 Å². The number of ether oxygens (including phenoxy) is 1. The Kier molecular flexibility index (Phi) is 4.15. The van der Waals surface area contributed by atoms with E-state index in [1.165, 1.54) is 0 Å². The number of hydrogen-bond acceptors (Lipinski definition) is 3. The second kappa shape index (κ2) is 5.17. The molecular formula is C9H16FNO2. The highest BCUT2D eigenvalue weighted by Crippen LogP contribution is 2.20. The molecule has 1 rings (SSSR count). The van der Waals surface area contributed by atoms with Crippen LogP contribution in [0.1, 0.15) is 26.2 Å². The van der Waals surface area contributed by atoms with Gasteiger partial charge < -0.3 is 4.74 Å². The van der Waals surface area contributed by atoms with Crippen LogP contribution in [0.2, 0.25) is 0 Å². The number of rotatable bonds is 3. The Hall–Kier alpha value is -0.640. The van der Waals surface area contributed by atoms with Gasteiger partial charge in [-0.2, -0.15) is 0 Å². The Balaban J connectivity index is 2.23. The minimum absolute atomic E-state index is 0.148. The second-order valence-electron chi connectivity index (χ2n) is 3.32. The van der Waals surface area contributed by atoms with Crippen LogP contribution in [0.5, 0.6) is 0 Å². The van der Waals surface area contributed by atoms with E-state index in [4.69, 9.17) is 4.74 Å². The number of carbonyl (C=O) groups excluding carboxylic acids is 1. The van der Waals surface area contributed by atoms with Gasteiger partial charge in [-0.25, -0.2) is 4.39 Å². The third-order valence-electron chi connectivity index (χ3n) is 2.22. The lowest BCUT2D eigenvalue weighted by Crippen LogP contribution is -2.35. The quantitative estimate of drug-likeness (QED) is 0.536. The van der Waals surface area contributed by atoms with Crippen LogP contribution >= 0.6 is 0 Å². The molecule has 0 radical (unpaired) electrons. The molecule has 0 bridgehead atoms. The van der Waals surface area contributed by atoms with Crippen LogP contribution in [0.25, 0.3) is 0 Å². The highest BCUT2D eigenvalue weighted by atomic mass is 19.1. The predicted molar refractivity (Wildman–Crippen MR) is 46.9 cm³/mol. The highest BCUT2D eigenvalue weighted by molar-refractivity contribution is 5.69. The zero-order chi connectivity index (χ0) is 9.68. The zero-order valence-corrected chi connectivity index (χ0v) is 7.88. The largest absolute Gasteiger partial charge is 0.466 e. The van der Waals surface area contributed by atoms with Gasteiger partial charge in [-0.3, -0.25) is 10.1 Å². The molecule has 1 aliphatic heterocycles. The van der Waals surface area contributed by atoms with Crippen LogP contribution in [-0.2, 0) is 9.53 Å². The molecule has 0 amide bonds. The number of esters is 1. The van der Waals surface area contributed by atoms with Crippen molar-refractivity contribution >= 4 is 5.97 Å². The molecule has 1 aliphatic rings. The van der Waals surface area contributed by atoms with E-state index in [0.717, 1.165) is 6.42 Å². The number of halogens is 1. The fourth-order valence-corrected chi connectivity index (χ4v) is 1.58. The molecule has 1 N–H and O–H groups in total. The number of nitrogens with one attached hydrogen (secondary N) is 1. The molecule has 4 heteroatoms. The summed E-state index contributed by atoms with van der Waals surface area (Å²) in [4.78, 5) is 11.1. The number of alkyl halides is 1. The summed E-state index contributed by atoms with van der Waals surface area (Å²) in [5.74, 6) is -0.0584. The summed E-state index contributed by atoms with van der Waals surface area (Å²) in [7, 11) is 0. The van der Waals surface area contributed by atoms with Crippen LogP contribution < -0.4 is 5.32 Å². The van der Waals surface area contributed by atoms with Gasteiger partial charge in [-0.15, -0.1) is 0 Å². The molecule has 3 nitrogen and oxygen atoms in total. The van der Waals surface area contributed by atoms with Crippen molar-refractivity contribution in [3.8, 4) is 0 Å². The molecular weight excluding hydrogens is 173 g/mol. The van der Waals surface area contributed by atoms with Gasteiger partial charge in [0.1, 0.15) is 0 Å². The first-order valence-corrected chi connectivity index (χ1v) is 4.75. The first kappa shape index (κ1) is 10.4. The van der Waals surface area contributed by atoms with Crippen molar-refractivity contribution in [3.05, 3.63) is 0 Å². The Morgan fingerprint density at radius 2 is 2.46 bits per heavy atom. The van der Waals surface area contributed by atoms with E-state index in [0.29, 0.717) is 26.0 Å². The monoisotopic (exact) mass is 189 g/mol. The summed E-state index contributed by atoms with van der Waals surface area (Å²) in [6.07, 6.45) is 0.696. The van der Waals surface area contributed by atoms with Crippen molar-refractivity contribution in [1.82, 2.24) is 5.32 Å². The molecule has 76 valence electrons. The molecule has 13 heavy (non-hydrogen) atoms. The fraction of sp³-hybridized carbons (Fsp3) is 0.889. The lowest BCUT2D eigenvalue weighted by Gasteiger charge is -2.24. The standard InChI is InChI=1S/C9H16FNO2/c1-2-13-9(12)6-7-3-4-11-8(10)5-7/h7-8,11H,2-6H2,1H3. The number of piperidine rings is 1. The molecule has 1 fully saturated rings. The van der Waals surface area contributed by atoms with Gasteiger partial charge in [0.2, 0.25) is 0 Å². The van der Waals surface area contributed by atoms with Crippen molar-refractivity contribution in [3.63, 3.8) is 0 Å². The third-order valence-corrected chi connectivity index (χ3v) is 2.22. The van der Waals surface area contributed by atoms with Crippen molar-refractivity contribution in [2.24, 2.45) is 5.92 Å². The third kappa shape index (κ3) is 3.72. The van der Waals surface area contributed by atoms with Gasteiger partial charge in [0.25, 0.3) is 0 Å². The van der Waals surface area contributed by atoms with Crippen LogP contribution in [0, 0.1) is 5.92 Å². The SMILES string of the molecule is CCOC(=O)CC1CCNC(F)C1. The topological polar surface area (TPSA) is 38.3 Å². The van der Waals surface area contributed by atoms with Gasteiger partial charge in [0, 0.05) is 6.42 Å². The van der Waals surface area contributed by atoms with Crippen molar-refractivity contribution < 1.29 is 13.9 Å². The normalized spacial score (nSPS) is 28.5. The second-order valence-corrected chi connectivity index (χ2v) is 3.32. The van der Waals surface area contributed by atoms with E-state index in [1.54, 1.807) is 6.92 Å². The van der Waals surface area contributed by atoms with E-state index in [9.17, 15) is 9.18 Å². The highest BCUT2D eigenvalue weighted by Gasteiger charge is 2.23. The molecule has 0 saturated carbocycles. The summed E-state index contributed by atoms with van der Waals surface area (Å²) in [6, 6.07) is 0. The maximum absolute atomic E-state index is 12.8. The summed E-state index contributed by atoms with van der Waals surface area (Å²) >= 11 is 0. The molecule has 1 saturated heterocycles. The Morgan fingerprint density at radius 3 is 3.08 bits per heavy atom. The summed E-state index contributed by atoms with van der Waals surface area (Å²) in [5.41, 5.74) is 0. The maximum Gasteiger partial charge on any atom is 0.306 e. The lowest BCUT2D eigenvalue weighted by atomic mass is 9.94. The van der Waals surface area contributed by atoms with Crippen LogP contribution in [-0.4, -0.2) is 25.4 Å². The average Bonchev–Trinajstić information content (AvgIpc) is 2.04. The minimum Gasteiger partial charge on any atom is -0.466 e. The zero-order valence-electron chi connectivity index (χ0n) is 7.88. The fourth-order valence-electron chi connectivity index (χ4n) is 1.58. The predicted octanol–water partition coefficient (Wildman–Crippen LogP) is 1.23. The summed E-state index contributed by atoms with van der Waals surface area (Å²) < 4.78 is 17.6. The van der Waals surface area contributed by atoms with Gasteiger partial charge in [0.15, 0.2) is 6.30 Å². The lowest BCUT2D eigenvalue weighted by molar-refractivity contribution is -0.144. The van der Waals surface area contributed by atoms with E-state index < -0.39 is 6.30 Å². The van der Waals surface area contributed by atoms with Crippen molar-refractivity contribution in [2.45, 2.75) is 32.5 Å². The number of carbonyl (C=O) groups is 1. The van der Waals surface area contributed by atoms with Crippen molar-refractivity contribution in [2.75, 3.05) is 13.2 Å². The smallest absolute Gasteiger partial charge is 0.306 e. The molecule has 1 heterocycles. The minimum atomic E-state index is -0.951. The van der Waals surface area contributed by atoms with Gasteiger partial charge in [0.05, 0.1) is 6.61 Å². The Labute approximate surface area is 77.6 Å². The molecule has 2 unspecified atom stereocenters. The van der Waals surface area contributed by atoms with Crippen LogP contribution in [0.3, 0.4) is 0 Å². The molecule has 0 aromatic rings. The average molecular weight is 189 g/mol. The van der Waals surface area contributed by atoms with E-state index in [2.05, 4.69) is 5.32 Å².